The second-order valence-corrected chi connectivity index (χ2v) is 4.77. The number of aliphatic hydroxyl groups is 1. The SMILES string of the molecule is CC(C)(C)N/C=C/c1ccc(O)c(CO)c1. The van der Waals surface area contributed by atoms with Crippen molar-refractivity contribution in [1.82, 2.24) is 5.32 Å². The molecule has 0 atom stereocenters. The average molecular weight is 221 g/mol. The molecule has 0 amide bonds. The predicted molar refractivity (Wildman–Crippen MR) is 66.0 cm³/mol. The van der Waals surface area contributed by atoms with E-state index in [1.807, 2.05) is 12.3 Å². The number of hydrogen-bond donors (Lipinski definition) is 3. The first-order chi connectivity index (χ1) is 7.42. The average Bonchev–Trinajstić information content (AvgIpc) is 2.18. The van der Waals surface area contributed by atoms with Gasteiger partial charge in [-0.2, -0.15) is 0 Å². The smallest absolute Gasteiger partial charge is 0.121 e. The molecule has 1 rings (SSSR count). The normalized spacial score (nSPS) is 12.0. The highest BCUT2D eigenvalue weighted by molar-refractivity contribution is 5.52. The van der Waals surface area contributed by atoms with Gasteiger partial charge < -0.3 is 15.5 Å². The first-order valence-corrected chi connectivity index (χ1v) is 5.29. The maximum atomic E-state index is 9.39. The summed E-state index contributed by atoms with van der Waals surface area (Å²) in [4.78, 5) is 0. The van der Waals surface area contributed by atoms with Crippen LogP contribution in [0.25, 0.3) is 6.08 Å². The quantitative estimate of drug-likeness (QED) is 0.733. The molecule has 0 saturated carbocycles. The van der Waals surface area contributed by atoms with Gasteiger partial charge in [-0.3, -0.25) is 0 Å². The Morgan fingerprint density at radius 2 is 2.00 bits per heavy atom. The molecule has 0 aliphatic carbocycles. The molecule has 0 spiro atoms. The molecule has 16 heavy (non-hydrogen) atoms. The minimum absolute atomic E-state index is 0.0349. The molecule has 1 aromatic carbocycles. The number of aromatic hydroxyl groups is 1. The number of aliphatic hydroxyl groups excluding tert-OH is 1. The maximum Gasteiger partial charge on any atom is 0.121 e. The zero-order valence-electron chi connectivity index (χ0n) is 9.99. The summed E-state index contributed by atoms with van der Waals surface area (Å²) in [5.41, 5.74) is 1.52. The fourth-order valence-corrected chi connectivity index (χ4v) is 1.22. The lowest BCUT2D eigenvalue weighted by molar-refractivity contribution is 0.275. The van der Waals surface area contributed by atoms with E-state index in [-0.39, 0.29) is 17.9 Å². The Morgan fingerprint density at radius 3 is 2.56 bits per heavy atom. The van der Waals surface area contributed by atoms with Crippen molar-refractivity contribution in [2.24, 2.45) is 0 Å². The van der Waals surface area contributed by atoms with E-state index in [1.165, 1.54) is 0 Å². The molecule has 3 nitrogen and oxygen atoms in total. The standard InChI is InChI=1S/C13H19NO2/c1-13(2,3)14-7-6-10-4-5-12(16)11(8-10)9-15/h4-8,14-16H,9H2,1-3H3/b7-6+. The van der Waals surface area contributed by atoms with E-state index in [0.717, 1.165) is 5.56 Å². The Labute approximate surface area is 96.4 Å². The molecule has 0 unspecified atom stereocenters. The highest BCUT2D eigenvalue weighted by atomic mass is 16.3. The van der Waals surface area contributed by atoms with Crippen molar-refractivity contribution >= 4 is 6.08 Å². The van der Waals surface area contributed by atoms with Crippen molar-refractivity contribution in [2.75, 3.05) is 0 Å². The molecule has 0 saturated heterocycles. The number of hydrogen-bond acceptors (Lipinski definition) is 3. The third-order valence-electron chi connectivity index (χ3n) is 2.07. The van der Waals surface area contributed by atoms with Gasteiger partial charge in [0.25, 0.3) is 0 Å². The summed E-state index contributed by atoms with van der Waals surface area (Å²) in [5, 5.41) is 21.6. The number of rotatable bonds is 3. The van der Waals surface area contributed by atoms with Crippen LogP contribution in [0.15, 0.2) is 24.4 Å². The van der Waals surface area contributed by atoms with Gasteiger partial charge >= 0.3 is 0 Å². The topological polar surface area (TPSA) is 52.5 Å². The van der Waals surface area contributed by atoms with E-state index in [0.29, 0.717) is 5.56 Å². The highest BCUT2D eigenvalue weighted by Gasteiger charge is 2.04. The lowest BCUT2D eigenvalue weighted by Gasteiger charge is -2.18. The van der Waals surface area contributed by atoms with Gasteiger partial charge in [-0.15, -0.1) is 0 Å². The Morgan fingerprint density at radius 1 is 1.31 bits per heavy atom. The van der Waals surface area contributed by atoms with Gasteiger partial charge in [0, 0.05) is 11.1 Å². The molecule has 0 aromatic heterocycles. The predicted octanol–water partition coefficient (Wildman–Crippen LogP) is 2.24. The molecular weight excluding hydrogens is 202 g/mol. The van der Waals surface area contributed by atoms with Crippen LogP contribution in [0.2, 0.25) is 0 Å². The van der Waals surface area contributed by atoms with Gasteiger partial charge in [0.2, 0.25) is 0 Å². The van der Waals surface area contributed by atoms with E-state index in [4.69, 9.17) is 5.11 Å². The Bertz CT molecular complexity index is 378. The summed E-state index contributed by atoms with van der Waals surface area (Å²) >= 11 is 0. The van der Waals surface area contributed by atoms with Crippen LogP contribution in [0.5, 0.6) is 5.75 Å². The summed E-state index contributed by atoms with van der Waals surface area (Å²) in [7, 11) is 0. The van der Waals surface area contributed by atoms with Gasteiger partial charge in [0.15, 0.2) is 0 Å². The van der Waals surface area contributed by atoms with E-state index < -0.39 is 0 Å². The van der Waals surface area contributed by atoms with Gasteiger partial charge in [0.05, 0.1) is 6.61 Å². The molecule has 3 N–H and O–H groups in total. The van der Waals surface area contributed by atoms with Gasteiger partial charge in [0.1, 0.15) is 5.75 Å². The van der Waals surface area contributed by atoms with E-state index in [1.54, 1.807) is 18.2 Å². The Balaban J connectivity index is 2.75. The fraction of sp³-hybridized carbons (Fsp3) is 0.385. The number of nitrogens with one attached hydrogen (secondary N) is 1. The van der Waals surface area contributed by atoms with Crippen molar-refractivity contribution < 1.29 is 10.2 Å². The molecule has 0 fully saturated rings. The molecule has 0 bridgehead atoms. The van der Waals surface area contributed by atoms with E-state index >= 15 is 0 Å². The van der Waals surface area contributed by atoms with Gasteiger partial charge in [-0.25, -0.2) is 0 Å². The van der Waals surface area contributed by atoms with Crippen LogP contribution < -0.4 is 5.32 Å². The third kappa shape index (κ3) is 3.95. The molecule has 0 radical (unpaired) electrons. The van der Waals surface area contributed by atoms with Gasteiger partial charge in [-0.05, 0) is 50.7 Å². The van der Waals surface area contributed by atoms with E-state index in [9.17, 15) is 5.11 Å². The molecule has 0 heterocycles. The molecule has 1 aromatic rings. The van der Waals surface area contributed by atoms with Crippen LogP contribution in [0, 0.1) is 0 Å². The van der Waals surface area contributed by atoms with Crippen LogP contribution in [0.1, 0.15) is 31.9 Å². The van der Waals surface area contributed by atoms with Crippen LogP contribution in [0.3, 0.4) is 0 Å². The van der Waals surface area contributed by atoms with Crippen molar-refractivity contribution in [2.45, 2.75) is 32.9 Å². The van der Waals surface area contributed by atoms with Gasteiger partial charge in [-0.1, -0.05) is 6.07 Å². The summed E-state index contributed by atoms with van der Waals surface area (Å²) in [6.07, 6.45) is 3.78. The summed E-state index contributed by atoms with van der Waals surface area (Å²) in [6.45, 7) is 6.08. The molecule has 0 aliphatic heterocycles. The summed E-state index contributed by atoms with van der Waals surface area (Å²) in [5.74, 6) is 0.128. The second kappa shape index (κ2) is 5.03. The fourth-order valence-electron chi connectivity index (χ4n) is 1.22. The zero-order chi connectivity index (χ0) is 12.2. The van der Waals surface area contributed by atoms with Crippen molar-refractivity contribution in [3.8, 4) is 5.75 Å². The first kappa shape index (κ1) is 12.6. The van der Waals surface area contributed by atoms with Crippen LogP contribution >= 0.6 is 0 Å². The summed E-state index contributed by atoms with van der Waals surface area (Å²) < 4.78 is 0. The molecule has 88 valence electrons. The number of benzene rings is 1. The van der Waals surface area contributed by atoms with Crippen molar-refractivity contribution in [3.63, 3.8) is 0 Å². The van der Waals surface area contributed by atoms with Crippen LogP contribution in [-0.2, 0) is 6.61 Å². The highest BCUT2D eigenvalue weighted by Crippen LogP contribution is 2.19. The van der Waals surface area contributed by atoms with Crippen molar-refractivity contribution in [1.29, 1.82) is 0 Å². The summed E-state index contributed by atoms with van der Waals surface area (Å²) in [6, 6.07) is 5.15. The largest absolute Gasteiger partial charge is 0.508 e. The minimum Gasteiger partial charge on any atom is -0.508 e. The minimum atomic E-state index is -0.153. The second-order valence-electron chi connectivity index (χ2n) is 4.77. The van der Waals surface area contributed by atoms with E-state index in [2.05, 4.69) is 26.1 Å². The lowest BCUT2D eigenvalue weighted by Crippen LogP contribution is -2.30. The Kier molecular flexibility index (Phi) is 3.96. The van der Waals surface area contributed by atoms with Crippen molar-refractivity contribution in [3.05, 3.63) is 35.5 Å². The zero-order valence-corrected chi connectivity index (χ0v) is 9.99. The van der Waals surface area contributed by atoms with Crippen LogP contribution in [0.4, 0.5) is 0 Å². The molecule has 0 aliphatic rings. The molecule has 3 heteroatoms. The van der Waals surface area contributed by atoms with Crippen LogP contribution in [-0.4, -0.2) is 15.8 Å². The monoisotopic (exact) mass is 221 g/mol. The maximum absolute atomic E-state index is 9.39. The Hall–Kier alpha value is -1.48. The molecular formula is C13H19NO2. The lowest BCUT2D eigenvalue weighted by atomic mass is 10.1. The first-order valence-electron chi connectivity index (χ1n) is 5.29. The third-order valence-corrected chi connectivity index (χ3v) is 2.07. The number of phenols is 1.